The largest absolute Gasteiger partial charge is 0.310 e. The minimum absolute atomic E-state index is 0.101. The van der Waals surface area contributed by atoms with Crippen molar-refractivity contribution in [3.63, 3.8) is 0 Å². The molecular formula is C70H49N. The monoisotopic (exact) mass is 903 g/mol. The SMILES string of the molecule is CC1(C)c2ccccc2-c2cc(N(c3cccc(-c4ccccc4)c3)c3cccc4c3-c3ccccc3C43c4ccccc4-c4ccc(-c5cc(-c6ccccc6)cc(-c6ccccc6)c5)cc43)ccc21. The van der Waals surface area contributed by atoms with Gasteiger partial charge in [0.1, 0.15) is 0 Å². The van der Waals surface area contributed by atoms with Gasteiger partial charge in [0.25, 0.3) is 0 Å². The van der Waals surface area contributed by atoms with Crippen molar-refractivity contribution in [2.45, 2.75) is 24.7 Å². The Morgan fingerprint density at radius 3 is 1.37 bits per heavy atom. The van der Waals surface area contributed by atoms with Crippen LogP contribution in [0.4, 0.5) is 17.1 Å². The molecule has 11 aromatic rings. The number of benzene rings is 11. The molecule has 0 bridgehead atoms. The quantitative estimate of drug-likeness (QED) is 0.154. The van der Waals surface area contributed by atoms with Crippen LogP contribution in [0.3, 0.4) is 0 Å². The van der Waals surface area contributed by atoms with Crippen molar-refractivity contribution in [2.24, 2.45) is 0 Å². The van der Waals surface area contributed by atoms with Crippen LogP contribution in [-0.2, 0) is 10.8 Å². The Hall–Kier alpha value is -8.78. The molecule has 1 unspecified atom stereocenters. The highest BCUT2D eigenvalue weighted by atomic mass is 15.1. The third-order valence-corrected chi connectivity index (χ3v) is 15.8. The Labute approximate surface area is 416 Å². The van der Waals surface area contributed by atoms with Gasteiger partial charge in [-0.1, -0.05) is 220 Å². The van der Waals surface area contributed by atoms with Gasteiger partial charge in [0, 0.05) is 22.4 Å². The zero-order valence-corrected chi connectivity index (χ0v) is 39.8. The average molecular weight is 904 g/mol. The minimum atomic E-state index is -0.568. The van der Waals surface area contributed by atoms with E-state index in [1.165, 1.54) is 111 Å². The maximum atomic E-state index is 2.54. The topological polar surface area (TPSA) is 3.24 Å². The van der Waals surface area contributed by atoms with E-state index in [2.05, 4.69) is 280 Å². The number of hydrogen-bond acceptors (Lipinski definition) is 1. The van der Waals surface area contributed by atoms with Crippen molar-refractivity contribution in [3.05, 3.63) is 294 Å². The van der Waals surface area contributed by atoms with Crippen molar-refractivity contribution in [2.75, 3.05) is 4.90 Å². The number of hydrogen-bond donors (Lipinski definition) is 0. The summed E-state index contributed by atoms with van der Waals surface area (Å²) in [6.07, 6.45) is 0. The lowest BCUT2D eigenvalue weighted by Gasteiger charge is -2.32. The molecule has 0 saturated heterocycles. The first-order chi connectivity index (χ1) is 35.0. The molecule has 11 aromatic carbocycles. The van der Waals surface area contributed by atoms with Gasteiger partial charge >= 0.3 is 0 Å². The molecule has 0 amide bonds. The third kappa shape index (κ3) is 6.19. The second-order valence-corrected chi connectivity index (χ2v) is 20.0. The van der Waals surface area contributed by atoms with Gasteiger partial charge in [0.05, 0.1) is 11.1 Å². The van der Waals surface area contributed by atoms with E-state index < -0.39 is 5.41 Å². The summed E-state index contributed by atoms with van der Waals surface area (Å²) < 4.78 is 0. The zero-order valence-electron chi connectivity index (χ0n) is 39.8. The first kappa shape index (κ1) is 41.2. The summed E-state index contributed by atoms with van der Waals surface area (Å²) in [6.45, 7) is 4.73. The van der Waals surface area contributed by atoms with Gasteiger partial charge in [-0.2, -0.15) is 0 Å². The van der Waals surface area contributed by atoms with E-state index in [4.69, 9.17) is 0 Å². The van der Waals surface area contributed by atoms with Crippen molar-refractivity contribution in [1.82, 2.24) is 0 Å². The third-order valence-electron chi connectivity index (χ3n) is 15.8. The van der Waals surface area contributed by atoms with Crippen molar-refractivity contribution in [3.8, 4) is 77.9 Å². The molecule has 14 rings (SSSR count). The summed E-state index contributed by atoms with van der Waals surface area (Å²) in [5.41, 5.74) is 28.1. The first-order valence-corrected chi connectivity index (χ1v) is 24.9. The summed E-state index contributed by atoms with van der Waals surface area (Å²) in [5, 5.41) is 0. The van der Waals surface area contributed by atoms with Crippen LogP contribution in [0.2, 0.25) is 0 Å². The molecule has 0 radical (unpaired) electrons. The van der Waals surface area contributed by atoms with Crippen LogP contribution in [0.5, 0.6) is 0 Å². The molecule has 334 valence electrons. The smallest absolute Gasteiger partial charge is 0.0726 e. The van der Waals surface area contributed by atoms with Gasteiger partial charge in [-0.25, -0.2) is 0 Å². The zero-order chi connectivity index (χ0) is 47.3. The summed E-state index contributed by atoms with van der Waals surface area (Å²) in [7, 11) is 0. The lowest BCUT2D eigenvalue weighted by molar-refractivity contribution is 0.660. The number of fused-ring (bicyclic) bond motifs is 13. The van der Waals surface area contributed by atoms with E-state index in [1.54, 1.807) is 0 Å². The normalized spacial score (nSPS) is 15.1. The maximum Gasteiger partial charge on any atom is 0.0726 e. The highest BCUT2D eigenvalue weighted by molar-refractivity contribution is 6.02. The molecule has 0 aliphatic heterocycles. The van der Waals surface area contributed by atoms with Crippen LogP contribution in [0.25, 0.3) is 77.9 Å². The Morgan fingerprint density at radius 1 is 0.254 bits per heavy atom. The van der Waals surface area contributed by atoms with Crippen molar-refractivity contribution < 1.29 is 0 Å². The molecule has 0 N–H and O–H groups in total. The van der Waals surface area contributed by atoms with E-state index in [0.717, 1.165) is 17.1 Å². The molecule has 1 spiro atoms. The fourth-order valence-electron chi connectivity index (χ4n) is 12.7. The molecule has 71 heavy (non-hydrogen) atoms. The van der Waals surface area contributed by atoms with Gasteiger partial charge in [-0.05, 0) is 160 Å². The first-order valence-electron chi connectivity index (χ1n) is 24.9. The second kappa shape index (κ2) is 15.9. The molecular weight excluding hydrogens is 855 g/mol. The molecule has 3 aliphatic carbocycles. The minimum Gasteiger partial charge on any atom is -0.310 e. The molecule has 0 aromatic heterocycles. The van der Waals surface area contributed by atoms with E-state index in [9.17, 15) is 0 Å². The fourth-order valence-corrected chi connectivity index (χ4v) is 12.7. The molecule has 0 heterocycles. The van der Waals surface area contributed by atoms with Gasteiger partial charge in [-0.15, -0.1) is 0 Å². The molecule has 1 nitrogen and oxygen atoms in total. The fraction of sp³-hybridized carbons (Fsp3) is 0.0571. The van der Waals surface area contributed by atoms with Gasteiger partial charge in [0.15, 0.2) is 0 Å². The van der Waals surface area contributed by atoms with Crippen LogP contribution < -0.4 is 4.90 Å². The van der Waals surface area contributed by atoms with Crippen LogP contribution >= 0.6 is 0 Å². The van der Waals surface area contributed by atoms with Crippen LogP contribution in [0, 0.1) is 0 Å². The highest BCUT2D eigenvalue weighted by Gasteiger charge is 2.52. The summed E-state index contributed by atoms with van der Waals surface area (Å²) >= 11 is 0. The molecule has 3 aliphatic rings. The molecule has 1 atom stereocenters. The molecule has 0 fully saturated rings. The number of nitrogens with zero attached hydrogens (tertiary/aromatic N) is 1. The average Bonchev–Trinajstić information content (AvgIpc) is 4.00. The lowest BCUT2D eigenvalue weighted by atomic mass is 9.70. The van der Waals surface area contributed by atoms with Crippen LogP contribution in [-0.4, -0.2) is 0 Å². The van der Waals surface area contributed by atoms with Crippen molar-refractivity contribution in [1.29, 1.82) is 0 Å². The van der Waals surface area contributed by atoms with E-state index in [1.807, 2.05) is 0 Å². The van der Waals surface area contributed by atoms with E-state index in [-0.39, 0.29) is 5.41 Å². The van der Waals surface area contributed by atoms with E-state index in [0.29, 0.717) is 0 Å². The van der Waals surface area contributed by atoms with Gasteiger partial charge in [0.2, 0.25) is 0 Å². The predicted octanol–water partition coefficient (Wildman–Crippen LogP) is 18.5. The number of rotatable bonds is 7. The predicted molar refractivity (Wildman–Crippen MR) is 297 cm³/mol. The maximum absolute atomic E-state index is 2.54. The second-order valence-electron chi connectivity index (χ2n) is 20.0. The summed E-state index contributed by atoms with van der Waals surface area (Å²) in [4.78, 5) is 2.54. The summed E-state index contributed by atoms with van der Waals surface area (Å²) in [5.74, 6) is 0. The highest BCUT2D eigenvalue weighted by Crippen LogP contribution is 2.65. The van der Waals surface area contributed by atoms with Crippen LogP contribution in [0.15, 0.2) is 261 Å². The van der Waals surface area contributed by atoms with Crippen molar-refractivity contribution >= 4 is 17.1 Å². The Bertz CT molecular complexity index is 3840. The lowest BCUT2D eigenvalue weighted by Crippen LogP contribution is -2.26. The standard InChI is InChI=1S/C70H49N/c1-69(2)61-31-15-12-29-57(61)60-45-55(37-39-62(60)69)71(54-27-18-26-49(43-54)46-20-6-3-7-21-46)67-35-19-34-65-68(67)59-30-14-17-33-64(59)70(65)63-32-16-13-28-56(63)58-38-36-50(44-66(58)70)53-41-51(47-22-8-4-9-23-47)40-52(42-53)48-24-10-5-11-25-48/h3-45H,1-2H3. The number of anilines is 3. The van der Waals surface area contributed by atoms with Crippen LogP contribution in [0.1, 0.15) is 47.2 Å². The van der Waals surface area contributed by atoms with Gasteiger partial charge < -0.3 is 4.90 Å². The van der Waals surface area contributed by atoms with E-state index >= 15 is 0 Å². The Kier molecular flexibility index (Phi) is 9.22. The molecule has 1 heteroatoms. The summed E-state index contributed by atoms with van der Waals surface area (Å²) in [6, 6.07) is 97.5. The van der Waals surface area contributed by atoms with Gasteiger partial charge in [-0.3, -0.25) is 0 Å². The Balaban J connectivity index is 1.02. The Morgan fingerprint density at radius 2 is 0.704 bits per heavy atom. The molecule has 0 saturated carbocycles.